The Balaban J connectivity index is 1.97. The molecule has 0 radical (unpaired) electrons. The Labute approximate surface area is 144 Å². The van der Waals surface area contributed by atoms with E-state index in [1.54, 1.807) is 0 Å². The summed E-state index contributed by atoms with van der Waals surface area (Å²) in [6.07, 6.45) is 4.91. The zero-order chi connectivity index (χ0) is 17.9. The fourth-order valence-corrected chi connectivity index (χ4v) is 6.27. The molecule has 0 aromatic carbocycles. The van der Waals surface area contributed by atoms with E-state index < -0.39 is 5.97 Å². The highest BCUT2D eigenvalue weighted by molar-refractivity contribution is 5.85. The van der Waals surface area contributed by atoms with Crippen molar-refractivity contribution in [2.24, 2.45) is 34.5 Å². The normalized spacial score (nSPS) is 46.3. The topological polar surface area (TPSA) is 74.6 Å². The largest absolute Gasteiger partial charge is 0.478 e. The molecule has 0 spiro atoms. The van der Waals surface area contributed by atoms with Crippen LogP contribution in [0.4, 0.5) is 0 Å². The van der Waals surface area contributed by atoms with Gasteiger partial charge in [-0.2, -0.15) is 0 Å². The van der Waals surface area contributed by atoms with Crippen molar-refractivity contribution in [3.8, 4) is 0 Å². The van der Waals surface area contributed by atoms with Crippen LogP contribution in [0.15, 0.2) is 11.6 Å². The number of hydrogen-bond donors (Lipinski definition) is 2. The predicted octanol–water partition coefficient (Wildman–Crippen LogP) is 3.44. The summed E-state index contributed by atoms with van der Waals surface area (Å²) in [5.74, 6) is -0.175. The summed E-state index contributed by atoms with van der Waals surface area (Å²) in [4.78, 5) is 24.1. The van der Waals surface area contributed by atoms with Gasteiger partial charge in [-0.05, 0) is 54.3 Å². The van der Waals surface area contributed by atoms with Gasteiger partial charge in [0, 0.05) is 18.4 Å². The highest BCUT2D eigenvalue weighted by atomic mass is 16.4. The lowest BCUT2D eigenvalue weighted by Crippen LogP contribution is -2.60. The molecule has 2 N–H and O–H groups in total. The summed E-state index contributed by atoms with van der Waals surface area (Å²) in [6.45, 7) is 8.55. The number of fused-ring (bicyclic) bond motifs is 3. The minimum Gasteiger partial charge on any atom is -0.478 e. The van der Waals surface area contributed by atoms with Gasteiger partial charge in [-0.15, -0.1) is 0 Å². The molecule has 0 unspecified atom stereocenters. The van der Waals surface area contributed by atoms with Crippen LogP contribution in [0, 0.1) is 34.5 Å². The summed E-state index contributed by atoms with van der Waals surface area (Å²) in [5, 5.41) is 19.6. The molecule has 3 saturated carbocycles. The number of carboxylic acids is 1. The number of aliphatic hydroxyl groups is 1. The molecule has 0 heterocycles. The van der Waals surface area contributed by atoms with Crippen molar-refractivity contribution in [3.05, 3.63) is 11.6 Å². The Kier molecular flexibility index (Phi) is 4.18. The van der Waals surface area contributed by atoms with E-state index in [1.807, 2.05) is 6.92 Å². The van der Waals surface area contributed by atoms with Crippen molar-refractivity contribution in [2.45, 2.75) is 65.9 Å². The molecular formula is C20H30O4. The van der Waals surface area contributed by atoms with Crippen LogP contribution in [0.25, 0.3) is 0 Å². The first-order chi connectivity index (χ1) is 11.1. The molecule has 0 aromatic rings. The lowest BCUT2D eigenvalue weighted by Gasteiger charge is -2.62. The Bertz CT molecular complexity index is 590. The van der Waals surface area contributed by atoms with Gasteiger partial charge in [0.1, 0.15) is 5.78 Å². The van der Waals surface area contributed by atoms with Gasteiger partial charge >= 0.3 is 5.97 Å². The predicted molar refractivity (Wildman–Crippen MR) is 91.3 cm³/mol. The SMILES string of the molecule is C[C@H]1/C(=C/C(=O)O)CC[C@H]2[C@H]1C(=O)C[C@H]1C(C)(C)[C@@H](O)CC[C@]21C. The molecule has 0 bridgehead atoms. The second kappa shape index (κ2) is 5.69. The van der Waals surface area contributed by atoms with Crippen LogP contribution in [0.5, 0.6) is 0 Å². The maximum Gasteiger partial charge on any atom is 0.328 e. The minimum atomic E-state index is -0.912. The third-order valence-electron chi connectivity index (χ3n) is 7.74. The third kappa shape index (κ3) is 2.45. The molecule has 4 heteroatoms. The van der Waals surface area contributed by atoms with Crippen LogP contribution in [0.2, 0.25) is 0 Å². The standard InChI is InChI=1S/C20H30O4/c1-11-12(9-17(23)24)5-6-13-18(11)14(21)10-15-19(2,3)16(22)7-8-20(13,15)4/h9,11,13,15-16,18,22H,5-8,10H2,1-4H3,(H,23,24)/b12-9+/t11-,13-,15-,16-,18-,20+/m0/s1. The number of hydrogen-bond acceptors (Lipinski definition) is 3. The van der Waals surface area contributed by atoms with Crippen molar-refractivity contribution >= 4 is 11.8 Å². The van der Waals surface area contributed by atoms with E-state index in [0.717, 1.165) is 31.3 Å². The number of carboxylic acid groups (broad SMARTS) is 1. The molecule has 0 saturated heterocycles. The van der Waals surface area contributed by atoms with Crippen LogP contribution in [0.1, 0.15) is 59.8 Å². The Morgan fingerprint density at radius 2 is 1.92 bits per heavy atom. The molecule has 6 atom stereocenters. The first-order valence-corrected chi connectivity index (χ1v) is 9.23. The quantitative estimate of drug-likeness (QED) is 0.720. The third-order valence-corrected chi connectivity index (χ3v) is 7.74. The Morgan fingerprint density at radius 3 is 2.54 bits per heavy atom. The fraction of sp³-hybridized carbons (Fsp3) is 0.800. The molecule has 4 nitrogen and oxygen atoms in total. The van der Waals surface area contributed by atoms with Crippen LogP contribution in [-0.2, 0) is 9.59 Å². The number of carbonyl (C=O) groups is 2. The van der Waals surface area contributed by atoms with E-state index >= 15 is 0 Å². The number of allylic oxidation sites excluding steroid dienone is 1. The maximum atomic E-state index is 13.0. The monoisotopic (exact) mass is 334 g/mol. The van der Waals surface area contributed by atoms with Gasteiger partial charge in [-0.25, -0.2) is 4.79 Å². The van der Waals surface area contributed by atoms with Gasteiger partial charge in [0.05, 0.1) is 6.10 Å². The smallest absolute Gasteiger partial charge is 0.328 e. The van der Waals surface area contributed by atoms with Crippen molar-refractivity contribution in [3.63, 3.8) is 0 Å². The zero-order valence-corrected chi connectivity index (χ0v) is 15.2. The van der Waals surface area contributed by atoms with Crippen molar-refractivity contribution < 1.29 is 19.8 Å². The maximum absolute atomic E-state index is 13.0. The number of Topliss-reactive ketones (excluding diaryl/α,β-unsaturated/α-hetero) is 1. The molecular weight excluding hydrogens is 304 g/mol. The van der Waals surface area contributed by atoms with Gasteiger partial charge in [0.25, 0.3) is 0 Å². The minimum absolute atomic E-state index is 0.0140. The molecule has 3 fully saturated rings. The van der Waals surface area contributed by atoms with Gasteiger partial charge < -0.3 is 10.2 Å². The number of carbonyl (C=O) groups excluding carboxylic acids is 1. The highest BCUT2D eigenvalue weighted by Gasteiger charge is 2.61. The first-order valence-electron chi connectivity index (χ1n) is 9.23. The summed E-state index contributed by atoms with van der Waals surface area (Å²) in [7, 11) is 0. The first kappa shape index (κ1) is 17.7. The van der Waals surface area contributed by atoms with Crippen LogP contribution in [-0.4, -0.2) is 28.1 Å². The average Bonchev–Trinajstić information content (AvgIpc) is 2.48. The lowest BCUT2D eigenvalue weighted by molar-refractivity contribution is -0.172. The molecule has 24 heavy (non-hydrogen) atoms. The van der Waals surface area contributed by atoms with E-state index in [0.29, 0.717) is 12.3 Å². The van der Waals surface area contributed by atoms with Gasteiger partial charge in [0.15, 0.2) is 0 Å². The van der Waals surface area contributed by atoms with Crippen LogP contribution in [0.3, 0.4) is 0 Å². The number of ketones is 1. The van der Waals surface area contributed by atoms with E-state index in [2.05, 4.69) is 20.8 Å². The summed E-state index contributed by atoms with van der Waals surface area (Å²) in [6, 6.07) is 0. The summed E-state index contributed by atoms with van der Waals surface area (Å²) in [5.41, 5.74) is 0.729. The van der Waals surface area contributed by atoms with Gasteiger partial charge in [-0.1, -0.05) is 33.3 Å². The summed E-state index contributed by atoms with van der Waals surface area (Å²) < 4.78 is 0. The van der Waals surface area contributed by atoms with Crippen LogP contribution < -0.4 is 0 Å². The number of aliphatic hydroxyl groups excluding tert-OH is 1. The molecule has 3 aliphatic rings. The summed E-state index contributed by atoms with van der Waals surface area (Å²) >= 11 is 0. The molecule has 0 aromatic heterocycles. The van der Waals surface area contributed by atoms with Crippen molar-refractivity contribution in [1.82, 2.24) is 0 Å². The van der Waals surface area contributed by atoms with Crippen LogP contribution >= 0.6 is 0 Å². The molecule has 0 amide bonds. The van der Waals surface area contributed by atoms with Gasteiger partial charge in [-0.3, -0.25) is 4.79 Å². The van der Waals surface area contributed by atoms with Crippen molar-refractivity contribution in [1.29, 1.82) is 0 Å². The number of aliphatic carboxylic acids is 1. The van der Waals surface area contributed by atoms with E-state index in [-0.39, 0.29) is 40.5 Å². The number of rotatable bonds is 1. The molecule has 0 aliphatic heterocycles. The molecule has 3 aliphatic carbocycles. The fourth-order valence-electron chi connectivity index (χ4n) is 6.27. The zero-order valence-electron chi connectivity index (χ0n) is 15.2. The van der Waals surface area contributed by atoms with E-state index in [1.165, 1.54) is 6.08 Å². The van der Waals surface area contributed by atoms with E-state index in [9.17, 15) is 14.7 Å². The Morgan fingerprint density at radius 1 is 1.25 bits per heavy atom. The average molecular weight is 334 g/mol. The second-order valence-electron chi connectivity index (χ2n) is 9.12. The molecule has 3 rings (SSSR count). The Hall–Kier alpha value is -1.16. The van der Waals surface area contributed by atoms with Gasteiger partial charge in [0.2, 0.25) is 0 Å². The van der Waals surface area contributed by atoms with Crippen molar-refractivity contribution in [2.75, 3.05) is 0 Å². The highest BCUT2D eigenvalue weighted by Crippen LogP contribution is 2.63. The van der Waals surface area contributed by atoms with E-state index in [4.69, 9.17) is 5.11 Å². The molecule has 134 valence electrons. The lowest BCUT2D eigenvalue weighted by atomic mass is 9.42. The second-order valence-corrected chi connectivity index (χ2v) is 9.12.